The van der Waals surface area contributed by atoms with Gasteiger partial charge >= 0.3 is 0 Å². The van der Waals surface area contributed by atoms with Gasteiger partial charge in [-0.05, 0) is 29.3 Å². The van der Waals surface area contributed by atoms with Crippen LogP contribution >= 0.6 is 0 Å². The summed E-state index contributed by atoms with van der Waals surface area (Å²) in [5, 5.41) is 2.11. The highest BCUT2D eigenvalue weighted by molar-refractivity contribution is 5.97. The molecule has 156 valence electrons. The molecule has 1 aromatic heterocycles. The number of benzene rings is 2. The molecule has 3 amide bonds. The maximum absolute atomic E-state index is 13.2. The van der Waals surface area contributed by atoms with Crippen LogP contribution in [0.1, 0.15) is 22.9 Å². The lowest BCUT2D eigenvalue weighted by Gasteiger charge is -2.46. The molecule has 0 unspecified atom stereocenters. The molecule has 1 fully saturated rings. The van der Waals surface area contributed by atoms with E-state index in [2.05, 4.69) is 10.4 Å². The molecule has 0 bridgehead atoms. The first-order valence-corrected chi connectivity index (χ1v) is 9.97. The van der Waals surface area contributed by atoms with Crippen molar-refractivity contribution in [1.82, 2.24) is 20.3 Å². The third-order valence-electron chi connectivity index (χ3n) is 6.18. The number of amides is 3. The number of para-hydroxylation sites is 1. The largest absolute Gasteiger partial charge is 0.454 e. The first kappa shape index (κ1) is 17.8. The van der Waals surface area contributed by atoms with Gasteiger partial charge in [-0.1, -0.05) is 24.3 Å². The fourth-order valence-electron chi connectivity index (χ4n) is 4.87. The quantitative estimate of drug-likeness (QED) is 0.623. The molecule has 0 radical (unpaired) electrons. The molecule has 0 aliphatic carbocycles. The molecule has 0 saturated carbocycles. The SMILES string of the molecule is O=CNN1CC(=O)N2[C@H](c3ccc4c(c3)OCO4)c3[nH]c4ccccc4c3C[C@@H]2C1=O. The molecule has 0 spiro atoms. The highest BCUT2D eigenvalue weighted by Gasteiger charge is 2.48. The molecule has 2 aromatic carbocycles. The summed E-state index contributed by atoms with van der Waals surface area (Å²) < 4.78 is 11.0. The zero-order valence-electron chi connectivity index (χ0n) is 16.3. The third kappa shape index (κ3) is 2.52. The number of hydrogen-bond acceptors (Lipinski definition) is 5. The van der Waals surface area contributed by atoms with Crippen molar-refractivity contribution >= 4 is 29.1 Å². The first-order chi connectivity index (χ1) is 15.2. The van der Waals surface area contributed by atoms with Crippen molar-refractivity contribution in [2.75, 3.05) is 13.3 Å². The molecule has 9 nitrogen and oxygen atoms in total. The van der Waals surface area contributed by atoms with Crippen molar-refractivity contribution in [1.29, 1.82) is 0 Å². The van der Waals surface area contributed by atoms with Gasteiger partial charge in [0, 0.05) is 23.0 Å². The van der Waals surface area contributed by atoms with E-state index in [1.165, 1.54) is 0 Å². The van der Waals surface area contributed by atoms with Crippen molar-refractivity contribution in [2.45, 2.75) is 18.5 Å². The molecule has 31 heavy (non-hydrogen) atoms. The lowest BCUT2D eigenvalue weighted by Crippen LogP contribution is -2.65. The molecule has 2 N–H and O–H groups in total. The predicted molar refractivity (Wildman–Crippen MR) is 108 cm³/mol. The average molecular weight is 418 g/mol. The van der Waals surface area contributed by atoms with Crippen LogP contribution in [0.15, 0.2) is 42.5 Å². The lowest BCUT2D eigenvalue weighted by atomic mass is 9.86. The van der Waals surface area contributed by atoms with E-state index in [-0.39, 0.29) is 25.2 Å². The van der Waals surface area contributed by atoms with Gasteiger partial charge in [-0.2, -0.15) is 0 Å². The Hall–Kier alpha value is -4.01. The summed E-state index contributed by atoms with van der Waals surface area (Å²) in [5.74, 6) is 0.701. The van der Waals surface area contributed by atoms with Crippen LogP contribution in [0.4, 0.5) is 0 Å². The lowest BCUT2D eigenvalue weighted by molar-refractivity contribution is -0.162. The maximum Gasteiger partial charge on any atom is 0.264 e. The minimum absolute atomic E-state index is 0.150. The minimum Gasteiger partial charge on any atom is -0.454 e. The summed E-state index contributed by atoms with van der Waals surface area (Å²) in [4.78, 5) is 42.4. The van der Waals surface area contributed by atoms with E-state index in [4.69, 9.17) is 9.47 Å². The molecular weight excluding hydrogens is 400 g/mol. The normalized spacial score (nSPS) is 21.8. The van der Waals surface area contributed by atoms with Crippen molar-refractivity contribution in [2.24, 2.45) is 0 Å². The number of nitrogens with one attached hydrogen (secondary N) is 2. The van der Waals surface area contributed by atoms with Crippen LogP contribution in [-0.4, -0.2) is 52.5 Å². The second kappa shape index (κ2) is 6.49. The Kier molecular flexibility index (Phi) is 3.73. The van der Waals surface area contributed by atoms with E-state index in [1.54, 1.807) is 4.90 Å². The second-order valence-corrected chi connectivity index (χ2v) is 7.77. The van der Waals surface area contributed by atoms with E-state index >= 15 is 0 Å². The third-order valence-corrected chi connectivity index (χ3v) is 6.18. The van der Waals surface area contributed by atoms with Crippen LogP contribution in [-0.2, 0) is 20.8 Å². The monoisotopic (exact) mass is 418 g/mol. The predicted octanol–water partition coefficient (Wildman–Crippen LogP) is 1.24. The zero-order valence-corrected chi connectivity index (χ0v) is 16.3. The number of fused-ring (bicyclic) bond motifs is 5. The number of hydrazine groups is 1. The van der Waals surface area contributed by atoms with Gasteiger partial charge < -0.3 is 19.4 Å². The number of aromatic amines is 1. The number of hydrogen-bond donors (Lipinski definition) is 2. The zero-order chi connectivity index (χ0) is 21.1. The highest BCUT2D eigenvalue weighted by Crippen LogP contribution is 2.44. The van der Waals surface area contributed by atoms with Crippen molar-refractivity contribution in [3.8, 4) is 11.5 Å². The fourth-order valence-corrected chi connectivity index (χ4v) is 4.87. The van der Waals surface area contributed by atoms with E-state index < -0.39 is 12.1 Å². The summed E-state index contributed by atoms with van der Waals surface area (Å²) in [5.41, 5.74) is 5.99. The smallest absolute Gasteiger partial charge is 0.264 e. The number of piperazine rings is 1. The van der Waals surface area contributed by atoms with E-state index in [0.29, 0.717) is 24.3 Å². The van der Waals surface area contributed by atoms with E-state index in [1.807, 2.05) is 42.5 Å². The average Bonchev–Trinajstić information content (AvgIpc) is 3.40. The molecule has 3 aliphatic rings. The molecule has 3 aromatic rings. The number of nitrogens with zero attached hydrogens (tertiary/aromatic N) is 2. The molecule has 9 heteroatoms. The summed E-state index contributed by atoms with van der Waals surface area (Å²) in [7, 11) is 0. The van der Waals surface area contributed by atoms with Gasteiger partial charge in [-0.25, -0.2) is 5.01 Å². The van der Waals surface area contributed by atoms with Gasteiger partial charge in [0.15, 0.2) is 11.5 Å². The maximum atomic E-state index is 13.2. The number of ether oxygens (including phenoxy) is 2. The highest BCUT2D eigenvalue weighted by atomic mass is 16.7. The van der Waals surface area contributed by atoms with E-state index in [9.17, 15) is 14.4 Å². The van der Waals surface area contributed by atoms with Crippen LogP contribution in [0.3, 0.4) is 0 Å². The van der Waals surface area contributed by atoms with Gasteiger partial charge in [-0.3, -0.25) is 19.8 Å². The summed E-state index contributed by atoms with van der Waals surface area (Å²) in [6.07, 6.45) is 0.776. The molecule has 4 heterocycles. The van der Waals surface area contributed by atoms with Crippen molar-refractivity contribution < 1.29 is 23.9 Å². The van der Waals surface area contributed by atoms with Crippen molar-refractivity contribution in [3.05, 3.63) is 59.3 Å². The van der Waals surface area contributed by atoms with E-state index in [0.717, 1.165) is 32.7 Å². The Balaban J connectivity index is 1.55. The molecule has 3 aliphatic heterocycles. The summed E-state index contributed by atoms with van der Waals surface area (Å²) >= 11 is 0. The fraction of sp³-hybridized carbons (Fsp3) is 0.227. The van der Waals surface area contributed by atoms with Crippen LogP contribution < -0.4 is 14.9 Å². The van der Waals surface area contributed by atoms with Crippen LogP contribution in [0.5, 0.6) is 11.5 Å². The molecule has 1 saturated heterocycles. The Labute approximate surface area is 176 Å². The number of carbonyl (C=O) groups excluding carboxylic acids is 3. The van der Waals surface area contributed by atoms with Crippen LogP contribution in [0, 0.1) is 0 Å². The number of rotatable bonds is 3. The standard InChI is InChI=1S/C22H18N4O5/c27-10-23-25-9-19(28)26-16(22(25)29)8-14-13-3-1-2-4-15(13)24-20(14)21(26)12-5-6-17-18(7-12)31-11-30-17/h1-7,10,16,21,24H,8-9,11H2,(H,23,27)/t16-,21-/m1/s1. The number of carbonyl (C=O) groups is 3. The summed E-state index contributed by atoms with van der Waals surface area (Å²) in [6, 6.07) is 12.2. The van der Waals surface area contributed by atoms with Crippen molar-refractivity contribution in [3.63, 3.8) is 0 Å². The summed E-state index contributed by atoms with van der Waals surface area (Å²) in [6.45, 7) is -0.0676. The second-order valence-electron chi connectivity index (χ2n) is 7.77. The topological polar surface area (TPSA) is 104 Å². The molecular formula is C22H18N4O5. The molecule has 2 atom stereocenters. The number of aromatic nitrogens is 1. The van der Waals surface area contributed by atoms with Gasteiger partial charge in [0.1, 0.15) is 12.6 Å². The Morgan fingerprint density at radius 2 is 1.94 bits per heavy atom. The minimum atomic E-state index is -0.726. The Bertz CT molecular complexity index is 1250. The van der Waals surface area contributed by atoms with Gasteiger partial charge in [0.05, 0.1) is 6.04 Å². The van der Waals surface area contributed by atoms with Crippen LogP contribution in [0.2, 0.25) is 0 Å². The van der Waals surface area contributed by atoms with Crippen LogP contribution in [0.25, 0.3) is 10.9 Å². The van der Waals surface area contributed by atoms with Gasteiger partial charge in [0.25, 0.3) is 5.91 Å². The van der Waals surface area contributed by atoms with Gasteiger partial charge in [-0.15, -0.1) is 0 Å². The van der Waals surface area contributed by atoms with Gasteiger partial charge in [0.2, 0.25) is 19.1 Å². The Morgan fingerprint density at radius 3 is 2.81 bits per heavy atom. The number of H-pyrrole nitrogens is 1. The first-order valence-electron chi connectivity index (χ1n) is 9.97. The molecule has 6 rings (SSSR count). The Morgan fingerprint density at radius 1 is 1.10 bits per heavy atom.